The van der Waals surface area contributed by atoms with Gasteiger partial charge in [-0.25, -0.2) is 9.18 Å². The Morgan fingerprint density at radius 3 is 2.35 bits per heavy atom. The fraction of sp³-hybridized carbons (Fsp3) is 0.400. The van der Waals surface area contributed by atoms with Gasteiger partial charge in [0, 0.05) is 0 Å². The van der Waals surface area contributed by atoms with Crippen molar-refractivity contribution in [1.82, 2.24) is 5.06 Å². The molecule has 0 radical (unpaired) electrons. The van der Waals surface area contributed by atoms with Crippen molar-refractivity contribution in [3.8, 4) is 0 Å². The van der Waals surface area contributed by atoms with E-state index in [1.54, 1.807) is 27.7 Å². The quantitative estimate of drug-likeness (QED) is 0.520. The highest BCUT2D eigenvalue weighted by Crippen LogP contribution is 2.34. The summed E-state index contributed by atoms with van der Waals surface area (Å²) < 4.78 is 12.8. The fourth-order valence-corrected chi connectivity index (χ4v) is 2.61. The summed E-state index contributed by atoms with van der Waals surface area (Å²) in [5.41, 5.74) is -1.35. The lowest BCUT2D eigenvalue weighted by atomic mass is 9.99. The normalized spacial score (nSPS) is 20.3. The van der Waals surface area contributed by atoms with Crippen molar-refractivity contribution >= 4 is 28.5 Å². The van der Waals surface area contributed by atoms with E-state index < -0.39 is 23.0 Å². The molecular formula is C15H17ClFN3O3. The molecular weight excluding hydrogens is 325 g/mol. The first kappa shape index (κ1) is 17.5. The van der Waals surface area contributed by atoms with Gasteiger partial charge in [0.25, 0.3) is 0 Å². The second-order valence-corrected chi connectivity index (χ2v) is 6.45. The van der Waals surface area contributed by atoms with E-state index in [4.69, 9.17) is 16.4 Å². The average molecular weight is 342 g/mol. The topological polar surface area (TPSA) is 74.5 Å². The number of hydrogen-bond acceptors (Lipinski definition) is 6. The summed E-state index contributed by atoms with van der Waals surface area (Å²) in [4.78, 5) is 20.9. The van der Waals surface area contributed by atoms with Gasteiger partial charge in [0.15, 0.2) is 5.17 Å². The lowest BCUT2D eigenvalue weighted by Crippen LogP contribution is -2.51. The van der Waals surface area contributed by atoms with Crippen LogP contribution in [0.2, 0.25) is 0 Å². The van der Waals surface area contributed by atoms with Crippen LogP contribution in [0.1, 0.15) is 38.1 Å². The maximum absolute atomic E-state index is 12.8. The zero-order valence-electron chi connectivity index (χ0n) is 13.2. The van der Waals surface area contributed by atoms with Gasteiger partial charge in [0.05, 0.1) is 11.1 Å². The first-order chi connectivity index (χ1) is 10.6. The Hall–Kier alpha value is -1.83. The number of hydroxylamine groups is 2. The first-order valence-corrected chi connectivity index (χ1v) is 7.24. The summed E-state index contributed by atoms with van der Waals surface area (Å²) in [5, 5.41) is 14.6. The molecule has 124 valence electrons. The molecule has 6 nitrogen and oxygen atoms in total. The lowest BCUT2D eigenvalue weighted by molar-refractivity contribution is -0.187. The van der Waals surface area contributed by atoms with E-state index in [9.17, 15) is 14.4 Å². The monoisotopic (exact) mass is 341 g/mol. The Morgan fingerprint density at radius 1 is 1.30 bits per heavy atom. The van der Waals surface area contributed by atoms with Crippen LogP contribution in [0.5, 0.6) is 0 Å². The molecule has 0 fully saturated rings. The number of halogens is 2. The predicted molar refractivity (Wildman–Crippen MR) is 84.3 cm³/mol. The molecule has 1 aromatic carbocycles. The summed E-state index contributed by atoms with van der Waals surface area (Å²) in [5.74, 6) is -1.24. The molecule has 1 N–H and O–H groups in total. The van der Waals surface area contributed by atoms with Crippen molar-refractivity contribution in [2.24, 2.45) is 10.1 Å². The molecule has 0 aromatic heterocycles. The highest BCUT2D eigenvalue weighted by molar-refractivity contribution is 6.84. The molecule has 0 amide bonds. The number of carbonyl (C=O) groups excluding carboxylic acids is 1. The van der Waals surface area contributed by atoms with Crippen molar-refractivity contribution in [2.45, 2.75) is 38.9 Å². The summed E-state index contributed by atoms with van der Waals surface area (Å²) >= 11 is 6.07. The SMILES string of the molecule is CC1(C)N=C(/C(Cl)=N\OC(=O)c2ccc(F)cc2)C(C)(C)N1O. The Bertz CT molecular complexity index is 684. The van der Waals surface area contributed by atoms with Crippen molar-refractivity contribution < 1.29 is 19.2 Å². The molecule has 1 aromatic rings. The average Bonchev–Trinajstić information content (AvgIpc) is 2.65. The standard InChI is InChI=1S/C15H17ClFN3O3/c1-14(2)11(18-15(3,4)20(14)22)12(16)19-23-13(21)9-5-7-10(17)8-6-9/h5-8,22H,1-4H3/b19-12+. The molecule has 0 unspecified atom stereocenters. The highest BCUT2D eigenvalue weighted by atomic mass is 35.5. The molecule has 1 aliphatic rings. The molecule has 0 aliphatic carbocycles. The second-order valence-electron chi connectivity index (χ2n) is 6.09. The summed E-state index contributed by atoms with van der Waals surface area (Å²) in [6.07, 6.45) is 0. The maximum Gasteiger partial charge on any atom is 0.365 e. The maximum atomic E-state index is 12.8. The predicted octanol–water partition coefficient (Wildman–Crippen LogP) is 3.20. The number of aliphatic imine (C=N–C) groups is 1. The Balaban J connectivity index is 2.17. The molecule has 0 spiro atoms. The molecule has 2 rings (SSSR count). The van der Waals surface area contributed by atoms with Crippen LogP contribution in [0.4, 0.5) is 4.39 Å². The minimum Gasteiger partial charge on any atom is -0.311 e. The number of rotatable bonds is 3. The van der Waals surface area contributed by atoms with Crippen LogP contribution >= 0.6 is 11.6 Å². The Morgan fingerprint density at radius 2 is 1.87 bits per heavy atom. The van der Waals surface area contributed by atoms with Crippen LogP contribution in [0.25, 0.3) is 0 Å². The van der Waals surface area contributed by atoms with Crippen molar-refractivity contribution in [3.05, 3.63) is 35.6 Å². The molecule has 0 bridgehead atoms. The summed E-state index contributed by atoms with van der Waals surface area (Å²) in [6.45, 7) is 6.83. The van der Waals surface area contributed by atoms with Crippen LogP contribution in [0.3, 0.4) is 0 Å². The molecule has 1 aliphatic heterocycles. The van der Waals surface area contributed by atoms with Crippen LogP contribution in [-0.4, -0.2) is 38.3 Å². The molecule has 0 atom stereocenters. The first-order valence-electron chi connectivity index (χ1n) is 6.86. The van der Waals surface area contributed by atoms with Gasteiger partial charge in [-0.3, -0.25) is 4.99 Å². The Kier molecular flexibility index (Phi) is 4.57. The summed E-state index contributed by atoms with van der Waals surface area (Å²) in [6, 6.07) is 4.82. The van der Waals surface area contributed by atoms with Gasteiger partial charge in [-0.2, -0.15) is 5.06 Å². The molecule has 23 heavy (non-hydrogen) atoms. The van der Waals surface area contributed by atoms with Crippen LogP contribution in [0.15, 0.2) is 34.4 Å². The van der Waals surface area contributed by atoms with Crippen LogP contribution in [-0.2, 0) is 4.84 Å². The minimum absolute atomic E-state index is 0.136. The third kappa shape index (κ3) is 3.41. The smallest absolute Gasteiger partial charge is 0.311 e. The molecule has 1 heterocycles. The minimum atomic E-state index is -0.896. The van der Waals surface area contributed by atoms with E-state index in [2.05, 4.69) is 10.1 Å². The van der Waals surface area contributed by atoms with Crippen molar-refractivity contribution in [2.75, 3.05) is 0 Å². The number of nitrogens with zero attached hydrogens (tertiary/aromatic N) is 3. The van der Waals surface area contributed by atoms with Gasteiger partial charge < -0.3 is 10.0 Å². The van der Waals surface area contributed by atoms with E-state index in [0.717, 1.165) is 17.2 Å². The van der Waals surface area contributed by atoms with E-state index in [1.807, 2.05) is 0 Å². The highest BCUT2D eigenvalue weighted by Gasteiger charge is 2.48. The van der Waals surface area contributed by atoms with Gasteiger partial charge in [-0.15, -0.1) is 0 Å². The zero-order chi connectivity index (χ0) is 17.4. The largest absolute Gasteiger partial charge is 0.365 e. The lowest BCUT2D eigenvalue weighted by Gasteiger charge is -2.33. The van der Waals surface area contributed by atoms with Gasteiger partial charge in [0.1, 0.15) is 17.2 Å². The van der Waals surface area contributed by atoms with Crippen molar-refractivity contribution in [3.63, 3.8) is 0 Å². The van der Waals surface area contributed by atoms with Crippen LogP contribution in [0, 0.1) is 5.82 Å². The zero-order valence-corrected chi connectivity index (χ0v) is 13.9. The molecule has 0 saturated heterocycles. The second kappa shape index (κ2) is 5.99. The van der Waals surface area contributed by atoms with Gasteiger partial charge in [0.2, 0.25) is 0 Å². The van der Waals surface area contributed by atoms with E-state index >= 15 is 0 Å². The molecule has 8 heteroatoms. The fourth-order valence-electron chi connectivity index (χ4n) is 2.30. The number of benzene rings is 1. The third-order valence-electron chi connectivity index (χ3n) is 3.50. The van der Waals surface area contributed by atoms with Gasteiger partial charge in [-0.05, 0) is 52.0 Å². The molecule has 0 saturated carbocycles. The number of hydrogen-bond donors (Lipinski definition) is 1. The van der Waals surface area contributed by atoms with Crippen LogP contribution < -0.4 is 0 Å². The number of carbonyl (C=O) groups is 1. The van der Waals surface area contributed by atoms with Crippen molar-refractivity contribution in [1.29, 1.82) is 0 Å². The van der Waals surface area contributed by atoms with E-state index in [0.29, 0.717) is 5.71 Å². The Labute approximate surface area is 138 Å². The van der Waals surface area contributed by atoms with E-state index in [-0.39, 0.29) is 10.7 Å². The summed E-state index contributed by atoms with van der Waals surface area (Å²) in [7, 11) is 0. The van der Waals surface area contributed by atoms with Gasteiger partial charge >= 0.3 is 5.97 Å². The third-order valence-corrected chi connectivity index (χ3v) is 3.74. The van der Waals surface area contributed by atoms with Gasteiger partial charge in [-0.1, -0.05) is 16.8 Å². The number of oxime groups is 1. The van der Waals surface area contributed by atoms with E-state index in [1.165, 1.54) is 12.1 Å².